The molecule has 0 aliphatic rings. The number of anilines is 2. The Balaban J connectivity index is 2.19. The Hall–Kier alpha value is -3.55. The molecule has 8 nitrogen and oxygen atoms in total. The van der Waals surface area contributed by atoms with Crippen LogP contribution in [0.5, 0.6) is 0 Å². The van der Waals surface area contributed by atoms with E-state index < -0.39 is 10.8 Å². The van der Waals surface area contributed by atoms with E-state index in [2.05, 4.69) is 15.3 Å². The fraction of sp³-hybridized carbons (Fsp3) is 0. The van der Waals surface area contributed by atoms with Crippen LogP contribution in [0.1, 0.15) is 10.5 Å². The second kappa shape index (κ2) is 5.68. The third-order valence-corrected chi connectivity index (χ3v) is 3.14. The summed E-state index contributed by atoms with van der Waals surface area (Å²) >= 11 is 0. The Labute approximate surface area is 130 Å². The zero-order chi connectivity index (χ0) is 16.4. The number of rotatable bonds is 4. The number of fused-ring (bicyclic) bond motifs is 1. The average molecular weight is 309 g/mol. The molecule has 1 amide bonds. The summed E-state index contributed by atoms with van der Waals surface area (Å²) in [6, 6.07) is 13.4. The molecule has 1 aromatic heterocycles. The first-order valence-electron chi connectivity index (χ1n) is 6.63. The largest absolute Gasteiger partial charge is 0.364 e. The molecule has 8 heteroatoms. The molecular formula is C15H11N5O3. The van der Waals surface area contributed by atoms with Crippen molar-refractivity contribution in [2.75, 3.05) is 5.32 Å². The van der Waals surface area contributed by atoms with E-state index in [4.69, 9.17) is 5.73 Å². The Bertz CT molecular complexity index is 912. The van der Waals surface area contributed by atoms with Gasteiger partial charge >= 0.3 is 0 Å². The normalized spacial score (nSPS) is 10.4. The highest BCUT2D eigenvalue weighted by molar-refractivity contribution is 5.99. The molecule has 23 heavy (non-hydrogen) atoms. The number of nitro groups is 1. The van der Waals surface area contributed by atoms with Crippen molar-refractivity contribution in [1.29, 1.82) is 0 Å². The van der Waals surface area contributed by atoms with E-state index in [9.17, 15) is 14.9 Å². The van der Waals surface area contributed by atoms with Gasteiger partial charge in [-0.1, -0.05) is 24.3 Å². The number of primary amides is 1. The summed E-state index contributed by atoms with van der Waals surface area (Å²) in [6.07, 6.45) is 0. The van der Waals surface area contributed by atoms with Gasteiger partial charge in [0.25, 0.3) is 11.6 Å². The minimum absolute atomic E-state index is 0.0184. The van der Waals surface area contributed by atoms with Crippen LogP contribution in [0.3, 0.4) is 0 Å². The number of hydrogen-bond donors (Lipinski definition) is 2. The van der Waals surface area contributed by atoms with E-state index in [0.29, 0.717) is 11.2 Å². The van der Waals surface area contributed by atoms with Crippen molar-refractivity contribution in [2.45, 2.75) is 0 Å². The van der Waals surface area contributed by atoms with Crippen LogP contribution in [0.25, 0.3) is 11.0 Å². The number of carbonyl (C=O) groups is 1. The van der Waals surface area contributed by atoms with E-state index in [1.54, 1.807) is 18.2 Å². The number of nitrogens with two attached hydrogens (primary N) is 1. The van der Waals surface area contributed by atoms with E-state index in [-0.39, 0.29) is 22.7 Å². The highest BCUT2D eigenvalue weighted by Crippen LogP contribution is 2.26. The summed E-state index contributed by atoms with van der Waals surface area (Å²) in [5.74, 6) is -0.673. The second-order valence-corrected chi connectivity index (χ2v) is 4.68. The Morgan fingerprint density at radius 3 is 2.48 bits per heavy atom. The SMILES string of the molecule is NC(=O)c1nc2c([N+](=O)[O-])cccc2nc1Nc1ccccc1. The van der Waals surface area contributed by atoms with Crippen molar-refractivity contribution in [3.05, 3.63) is 64.3 Å². The Morgan fingerprint density at radius 1 is 1.09 bits per heavy atom. The number of carbonyl (C=O) groups excluding carboxylic acids is 1. The van der Waals surface area contributed by atoms with Crippen molar-refractivity contribution < 1.29 is 9.72 Å². The number of para-hydroxylation sites is 2. The number of benzene rings is 2. The highest BCUT2D eigenvalue weighted by atomic mass is 16.6. The van der Waals surface area contributed by atoms with Crippen molar-refractivity contribution in [2.24, 2.45) is 5.73 Å². The van der Waals surface area contributed by atoms with Gasteiger partial charge in [-0.3, -0.25) is 14.9 Å². The Kier molecular flexibility index (Phi) is 3.55. The standard InChI is InChI=1S/C15H11N5O3/c16-14(21)13-15(17-9-5-2-1-3-6-9)18-10-7-4-8-11(20(22)23)12(10)19-13/h1-8H,(H2,16,21)(H,17,18). The van der Waals surface area contributed by atoms with Gasteiger partial charge in [0.15, 0.2) is 17.0 Å². The van der Waals surface area contributed by atoms with Crippen molar-refractivity contribution in [1.82, 2.24) is 9.97 Å². The van der Waals surface area contributed by atoms with Crippen LogP contribution in [-0.2, 0) is 0 Å². The number of aromatic nitrogens is 2. The second-order valence-electron chi connectivity index (χ2n) is 4.68. The third-order valence-electron chi connectivity index (χ3n) is 3.14. The fourth-order valence-corrected chi connectivity index (χ4v) is 2.13. The molecule has 0 saturated carbocycles. The first kappa shape index (κ1) is 14.4. The van der Waals surface area contributed by atoms with Crippen molar-refractivity contribution in [3.63, 3.8) is 0 Å². The zero-order valence-electron chi connectivity index (χ0n) is 11.8. The average Bonchev–Trinajstić information content (AvgIpc) is 2.54. The van der Waals surface area contributed by atoms with Crippen LogP contribution in [0, 0.1) is 10.1 Å². The minimum Gasteiger partial charge on any atom is -0.364 e. The number of non-ortho nitro benzene ring substituents is 1. The molecule has 1 heterocycles. The quantitative estimate of drug-likeness (QED) is 0.563. The lowest BCUT2D eigenvalue weighted by atomic mass is 10.2. The molecule has 0 aliphatic carbocycles. The van der Waals surface area contributed by atoms with Gasteiger partial charge in [0.2, 0.25) is 0 Å². The number of amides is 1. The van der Waals surface area contributed by atoms with Crippen LogP contribution < -0.4 is 11.1 Å². The van der Waals surface area contributed by atoms with E-state index >= 15 is 0 Å². The Morgan fingerprint density at radius 2 is 1.83 bits per heavy atom. The molecule has 114 valence electrons. The maximum absolute atomic E-state index is 11.6. The maximum atomic E-state index is 11.6. The predicted molar refractivity (Wildman–Crippen MR) is 84.4 cm³/mol. The summed E-state index contributed by atoms with van der Waals surface area (Å²) in [7, 11) is 0. The zero-order valence-corrected chi connectivity index (χ0v) is 11.8. The molecule has 3 rings (SSSR count). The lowest BCUT2D eigenvalue weighted by molar-refractivity contribution is -0.383. The first-order chi connectivity index (χ1) is 11.1. The third kappa shape index (κ3) is 2.77. The summed E-state index contributed by atoms with van der Waals surface area (Å²) in [5.41, 5.74) is 5.95. The lowest BCUT2D eigenvalue weighted by Crippen LogP contribution is -2.17. The van der Waals surface area contributed by atoms with Gasteiger partial charge in [-0.25, -0.2) is 9.97 Å². The van der Waals surface area contributed by atoms with Crippen LogP contribution >= 0.6 is 0 Å². The van der Waals surface area contributed by atoms with Gasteiger partial charge in [0.1, 0.15) is 0 Å². The minimum atomic E-state index is -0.823. The molecule has 0 fully saturated rings. The van der Waals surface area contributed by atoms with Crippen molar-refractivity contribution >= 4 is 34.1 Å². The lowest BCUT2D eigenvalue weighted by Gasteiger charge is -2.10. The van der Waals surface area contributed by atoms with Crippen LogP contribution in [0.2, 0.25) is 0 Å². The molecule has 3 N–H and O–H groups in total. The molecule has 2 aromatic carbocycles. The van der Waals surface area contributed by atoms with Gasteiger partial charge in [0.05, 0.1) is 10.4 Å². The molecule has 0 bridgehead atoms. The summed E-state index contributed by atoms with van der Waals surface area (Å²) in [6.45, 7) is 0. The number of hydrogen-bond acceptors (Lipinski definition) is 6. The van der Waals surface area contributed by atoms with E-state index in [1.807, 2.05) is 18.2 Å². The van der Waals surface area contributed by atoms with Gasteiger partial charge in [-0.05, 0) is 18.2 Å². The van der Waals surface area contributed by atoms with Crippen LogP contribution in [0.15, 0.2) is 48.5 Å². The van der Waals surface area contributed by atoms with Crippen LogP contribution in [0.4, 0.5) is 17.2 Å². The number of nitrogens with one attached hydrogen (secondary N) is 1. The first-order valence-corrected chi connectivity index (χ1v) is 6.63. The molecular weight excluding hydrogens is 298 g/mol. The molecule has 0 radical (unpaired) electrons. The van der Waals surface area contributed by atoms with Crippen molar-refractivity contribution in [3.8, 4) is 0 Å². The summed E-state index contributed by atoms with van der Waals surface area (Å²) < 4.78 is 0. The highest BCUT2D eigenvalue weighted by Gasteiger charge is 2.19. The topological polar surface area (TPSA) is 124 Å². The molecule has 0 spiro atoms. The molecule has 0 saturated heterocycles. The number of nitrogens with zero attached hydrogens (tertiary/aromatic N) is 3. The molecule has 0 unspecified atom stereocenters. The smallest absolute Gasteiger partial charge is 0.297 e. The molecule has 0 atom stereocenters. The molecule has 0 aliphatic heterocycles. The number of nitro benzene ring substituents is 1. The van der Waals surface area contributed by atoms with Crippen LogP contribution in [-0.4, -0.2) is 20.8 Å². The van der Waals surface area contributed by atoms with E-state index in [1.165, 1.54) is 12.1 Å². The van der Waals surface area contributed by atoms with Gasteiger partial charge in [0, 0.05) is 11.8 Å². The predicted octanol–water partition coefficient (Wildman–Crippen LogP) is 2.38. The summed E-state index contributed by atoms with van der Waals surface area (Å²) in [5, 5.41) is 14.0. The van der Waals surface area contributed by atoms with Gasteiger partial charge < -0.3 is 11.1 Å². The maximum Gasteiger partial charge on any atom is 0.297 e. The van der Waals surface area contributed by atoms with Gasteiger partial charge in [-0.15, -0.1) is 0 Å². The van der Waals surface area contributed by atoms with E-state index in [0.717, 1.165) is 0 Å². The molecule has 3 aromatic rings. The fourth-order valence-electron chi connectivity index (χ4n) is 2.13. The monoisotopic (exact) mass is 309 g/mol. The van der Waals surface area contributed by atoms with Gasteiger partial charge in [-0.2, -0.15) is 0 Å². The summed E-state index contributed by atoms with van der Waals surface area (Å²) in [4.78, 5) is 30.5.